The third-order valence-corrected chi connectivity index (χ3v) is 2.72. The summed E-state index contributed by atoms with van der Waals surface area (Å²) in [7, 11) is 1.61. The summed E-state index contributed by atoms with van der Waals surface area (Å²) in [4.78, 5) is 8.44. The fourth-order valence-electron chi connectivity index (χ4n) is 1.67. The van der Waals surface area contributed by atoms with E-state index in [9.17, 15) is 0 Å². The molecule has 0 saturated carbocycles. The molecule has 0 unspecified atom stereocenters. The topological polar surface area (TPSA) is 47.0 Å². The summed E-state index contributed by atoms with van der Waals surface area (Å²) >= 11 is 5.88. The molecular weight excluding hydrogens is 250 g/mol. The van der Waals surface area contributed by atoms with Gasteiger partial charge in [-0.1, -0.05) is 23.7 Å². The molecule has 18 heavy (non-hydrogen) atoms. The molecule has 0 aliphatic heterocycles. The molecule has 0 radical (unpaired) electrons. The van der Waals surface area contributed by atoms with Crippen molar-refractivity contribution in [3.8, 4) is 17.0 Å². The van der Waals surface area contributed by atoms with Crippen molar-refractivity contribution in [1.82, 2.24) is 9.97 Å². The van der Waals surface area contributed by atoms with Crippen molar-refractivity contribution in [2.75, 3.05) is 19.0 Å². The molecular formula is C13H14ClN3O. The number of anilines is 1. The molecule has 1 N–H and O–H groups in total. The van der Waals surface area contributed by atoms with Gasteiger partial charge in [-0.2, -0.15) is 0 Å². The summed E-state index contributed by atoms with van der Waals surface area (Å²) in [6, 6.07) is 7.46. The van der Waals surface area contributed by atoms with Gasteiger partial charge < -0.3 is 10.1 Å². The van der Waals surface area contributed by atoms with E-state index in [1.54, 1.807) is 7.11 Å². The van der Waals surface area contributed by atoms with Gasteiger partial charge in [0.25, 0.3) is 0 Å². The molecule has 0 bridgehead atoms. The highest BCUT2D eigenvalue weighted by Gasteiger charge is 2.13. The van der Waals surface area contributed by atoms with Crippen LogP contribution >= 0.6 is 11.6 Å². The lowest BCUT2D eigenvalue weighted by atomic mass is 10.1. The van der Waals surface area contributed by atoms with Gasteiger partial charge in [0.05, 0.1) is 7.11 Å². The van der Waals surface area contributed by atoms with Crippen molar-refractivity contribution in [2.24, 2.45) is 0 Å². The van der Waals surface area contributed by atoms with E-state index in [0.29, 0.717) is 16.6 Å². The maximum absolute atomic E-state index is 5.88. The number of aromatic nitrogens is 2. The van der Waals surface area contributed by atoms with Gasteiger partial charge in [0.15, 0.2) is 11.6 Å². The number of nitrogens with one attached hydrogen (secondary N) is 1. The molecule has 0 saturated heterocycles. The van der Waals surface area contributed by atoms with Crippen LogP contribution < -0.4 is 10.1 Å². The van der Waals surface area contributed by atoms with Crippen LogP contribution in [0, 0.1) is 0 Å². The van der Waals surface area contributed by atoms with Crippen LogP contribution in [0.5, 0.6) is 5.75 Å². The lowest BCUT2D eigenvalue weighted by Gasteiger charge is -2.12. The van der Waals surface area contributed by atoms with E-state index in [2.05, 4.69) is 15.3 Å². The number of nitrogens with zero attached hydrogens (tertiary/aromatic N) is 2. The molecule has 0 spiro atoms. The summed E-state index contributed by atoms with van der Waals surface area (Å²) in [6.45, 7) is 2.77. The van der Waals surface area contributed by atoms with Gasteiger partial charge in [0.2, 0.25) is 0 Å². The Hall–Kier alpha value is -1.81. The molecule has 0 aliphatic carbocycles. The summed E-state index contributed by atoms with van der Waals surface area (Å²) in [5.41, 5.74) is 1.69. The van der Waals surface area contributed by atoms with Crippen LogP contribution in [-0.2, 0) is 0 Å². The second kappa shape index (κ2) is 5.69. The van der Waals surface area contributed by atoms with Crippen molar-refractivity contribution in [2.45, 2.75) is 6.92 Å². The molecule has 2 aromatic rings. The number of halogens is 1. The highest BCUT2D eigenvalue weighted by atomic mass is 35.5. The average Bonchev–Trinajstić information content (AvgIpc) is 2.40. The quantitative estimate of drug-likeness (QED) is 0.920. The molecule has 1 aromatic heterocycles. The molecule has 5 heteroatoms. The van der Waals surface area contributed by atoms with Crippen molar-refractivity contribution in [3.05, 3.63) is 35.6 Å². The molecule has 0 amide bonds. The molecule has 0 aliphatic rings. The highest BCUT2D eigenvalue weighted by Crippen LogP contribution is 2.33. The first-order chi connectivity index (χ1) is 8.76. The van der Waals surface area contributed by atoms with E-state index in [1.165, 1.54) is 6.33 Å². The van der Waals surface area contributed by atoms with Gasteiger partial charge in [-0.05, 0) is 19.1 Å². The molecule has 0 atom stereocenters. The van der Waals surface area contributed by atoms with Crippen LogP contribution in [0.3, 0.4) is 0 Å². The van der Waals surface area contributed by atoms with Crippen LogP contribution in [0.4, 0.5) is 5.82 Å². The summed E-state index contributed by atoms with van der Waals surface area (Å²) < 4.78 is 5.39. The van der Waals surface area contributed by atoms with E-state index in [0.717, 1.165) is 17.8 Å². The van der Waals surface area contributed by atoms with Gasteiger partial charge in [-0.3, -0.25) is 0 Å². The third kappa shape index (κ3) is 2.54. The van der Waals surface area contributed by atoms with Gasteiger partial charge in [0, 0.05) is 17.1 Å². The predicted molar refractivity (Wildman–Crippen MR) is 73.2 cm³/mol. The number of hydrogen-bond donors (Lipinski definition) is 1. The number of rotatable bonds is 4. The summed E-state index contributed by atoms with van der Waals surface area (Å²) in [5.74, 6) is 1.33. The normalized spacial score (nSPS) is 10.2. The first-order valence-corrected chi connectivity index (χ1v) is 6.02. The van der Waals surface area contributed by atoms with Gasteiger partial charge in [-0.15, -0.1) is 0 Å². The van der Waals surface area contributed by atoms with Crippen LogP contribution in [-0.4, -0.2) is 23.6 Å². The molecule has 94 valence electrons. The third-order valence-electron chi connectivity index (χ3n) is 2.47. The molecule has 4 nitrogen and oxygen atoms in total. The minimum Gasteiger partial charge on any atom is -0.491 e. The summed E-state index contributed by atoms with van der Waals surface area (Å²) in [6.07, 6.45) is 1.52. The van der Waals surface area contributed by atoms with Crippen LogP contribution in [0.2, 0.25) is 5.02 Å². The average molecular weight is 264 g/mol. The van der Waals surface area contributed by atoms with Crippen molar-refractivity contribution < 1.29 is 4.74 Å². The summed E-state index contributed by atoms with van der Waals surface area (Å²) in [5, 5.41) is 3.84. The molecule has 1 heterocycles. The number of methoxy groups -OCH3 is 1. The fourth-order valence-corrected chi connectivity index (χ4v) is 1.80. The predicted octanol–water partition coefficient (Wildman–Crippen LogP) is 3.24. The zero-order valence-electron chi connectivity index (χ0n) is 10.3. The maximum atomic E-state index is 5.88. The van der Waals surface area contributed by atoms with Crippen molar-refractivity contribution >= 4 is 17.4 Å². The van der Waals surface area contributed by atoms with E-state index >= 15 is 0 Å². The van der Waals surface area contributed by atoms with Crippen molar-refractivity contribution in [3.63, 3.8) is 0 Å². The Morgan fingerprint density at radius 2 is 1.94 bits per heavy atom. The fraction of sp³-hybridized carbons (Fsp3) is 0.231. The van der Waals surface area contributed by atoms with Crippen molar-refractivity contribution in [1.29, 1.82) is 0 Å². The largest absolute Gasteiger partial charge is 0.491 e. The lowest BCUT2D eigenvalue weighted by molar-refractivity contribution is 0.414. The Labute approximate surface area is 111 Å². The standard InChI is InChI=1S/C13H14ClN3O/c1-3-15-13-12(18-2)11(16-8-17-13)9-4-6-10(14)7-5-9/h4-8H,3H2,1-2H3,(H,15,16,17). The molecule has 1 aromatic carbocycles. The lowest BCUT2D eigenvalue weighted by Crippen LogP contribution is -2.04. The Bertz CT molecular complexity index is 528. The minimum atomic E-state index is 0.640. The second-order valence-electron chi connectivity index (χ2n) is 3.64. The Morgan fingerprint density at radius 3 is 2.56 bits per heavy atom. The second-order valence-corrected chi connectivity index (χ2v) is 4.08. The van der Waals surface area contributed by atoms with E-state index in [-0.39, 0.29) is 0 Å². The van der Waals surface area contributed by atoms with Crippen LogP contribution in [0.25, 0.3) is 11.3 Å². The highest BCUT2D eigenvalue weighted by molar-refractivity contribution is 6.30. The maximum Gasteiger partial charge on any atom is 0.187 e. The molecule has 0 fully saturated rings. The number of ether oxygens (including phenoxy) is 1. The van der Waals surface area contributed by atoms with Crippen LogP contribution in [0.1, 0.15) is 6.92 Å². The number of benzene rings is 1. The SMILES string of the molecule is CCNc1ncnc(-c2ccc(Cl)cc2)c1OC. The van der Waals surface area contributed by atoms with Gasteiger partial charge in [-0.25, -0.2) is 9.97 Å². The van der Waals surface area contributed by atoms with E-state index in [1.807, 2.05) is 31.2 Å². The van der Waals surface area contributed by atoms with E-state index < -0.39 is 0 Å². The first kappa shape index (κ1) is 12.6. The Balaban J connectivity index is 2.49. The van der Waals surface area contributed by atoms with Crippen LogP contribution in [0.15, 0.2) is 30.6 Å². The first-order valence-electron chi connectivity index (χ1n) is 5.65. The number of hydrogen-bond acceptors (Lipinski definition) is 4. The molecule has 2 rings (SSSR count). The Kier molecular flexibility index (Phi) is 3.99. The van der Waals surface area contributed by atoms with E-state index in [4.69, 9.17) is 16.3 Å². The zero-order chi connectivity index (χ0) is 13.0. The zero-order valence-corrected chi connectivity index (χ0v) is 11.0. The monoisotopic (exact) mass is 263 g/mol. The smallest absolute Gasteiger partial charge is 0.187 e. The van der Waals surface area contributed by atoms with Gasteiger partial charge in [0.1, 0.15) is 12.0 Å². The van der Waals surface area contributed by atoms with Gasteiger partial charge >= 0.3 is 0 Å². The Morgan fingerprint density at radius 1 is 1.22 bits per heavy atom. The minimum absolute atomic E-state index is 0.640.